The molecule has 1 N–H and O–H groups in total. The Hall–Kier alpha value is -3.16. The maximum absolute atomic E-state index is 13.1. The summed E-state index contributed by atoms with van der Waals surface area (Å²) >= 11 is 0. The lowest BCUT2D eigenvalue weighted by Crippen LogP contribution is -2.45. The van der Waals surface area contributed by atoms with Crippen LogP contribution in [0.1, 0.15) is 63.1 Å². The van der Waals surface area contributed by atoms with Gasteiger partial charge in [0.1, 0.15) is 18.9 Å². The number of rotatable bonds is 6. The van der Waals surface area contributed by atoms with E-state index in [0.29, 0.717) is 17.2 Å². The normalized spacial score (nSPS) is 19.0. The molecule has 0 saturated heterocycles. The second-order valence-corrected chi connectivity index (χ2v) is 8.53. The first-order valence-electron chi connectivity index (χ1n) is 11.4. The molecule has 1 aliphatic heterocycles. The summed E-state index contributed by atoms with van der Waals surface area (Å²) in [5.74, 6) is 0.0529. The van der Waals surface area contributed by atoms with E-state index in [1.165, 1.54) is 12.7 Å². The lowest BCUT2D eigenvalue weighted by Gasteiger charge is -2.35. The largest absolute Gasteiger partial charge is 0.463 e. The molecule has 170 valence electrons. The highest BCUT2D eigenvalue weighted by atomic mass is 16.5. The number of carbonyl (C=O) groups is 2. The number of aromatic nitrogens is 3. The number of benzene rings is 1. The molecule has 32 heavy (non-hydrogen) atoms. The van der Waals surface area contributed by atoms with E-state index < -0.39 is 12.0 Å². The third-order valence-electron chi connectivity index (χ3n) is 6.27. The topological polar surface area (TPSA) is 89.3 Å². The van der Waals surface area contributed by atoms with Crippen LogP contribution in [-0.4, -0.2) is 45.8 Å². The van der Waals surface area contributed by atoms with E-state index in [4.69, 9.17) is 4.74 Å². The van der Waals surface area contributed by atoms with Gasteiger partial charge in [0.05, 0.1) is 12.2 Å². The number of ether oxygens (including phenoxy) is 1. The van der Waals surface area contributed by atoms with E-state index in [-0.39, 0.29) is 25.1 Å². The van der Waals surface area contributed by atoms with E-state index in [0.717, 1.165) is 36.8 Å². The molecule has 0 bridgehead atoms. The minimum Gasteiger partial charge on any atom is -0.463 e. The van der Waals surface area contributed by atoms with Crippen LogP contribution in [0.2, 0.25) is 0 Å². The minimum absolute atomic E-state index is 0.0740. The van der Waals surface area contributed by atoms with E-state index >= 15 is 0 Å². The van der Waals surface area contributed by atoms with Crippen LogP contribution >= 0.6 is 0 Å². The maximum Gasteiger partial charge on any atom is 0.338 e. The van der Waals surface area contributed by atoms with Crippen LogP contribution in [0.25, 0.3) is 0 Å². The van der Waals surface area contributed by atoms with Crippen molar-refractivity contribution in [1.29, 1.82) is 0 Å². The fraction of sp³-hybridized carbons (Fsp3) is 0.500. The Morgan fingerprint density at radius 3 is 2.53 bits per heavy atom. The molecule has 2 aromatic rings. The van der Waals surface area contributed by atoms with Crippen molar-refractivity contribution in [2.75, 3.05) is 18.1 Å². The van der Waals surface area contributed by atoms with Crippen molar-refractivity contribution in [2.45, 2.75) is 65.0 Å². The number of carbonyl (C=O) groups excluding carboxylic acids is 2. The van der Waals surface area contributed by atoms with Crippen LogP contribution in [-0.2, 0) is 14.3 Å². The second kappa shape index (κ2) is 9.54. The van der Waals surface area contributed by atoms with Crippen molar-refractivity contribution in [3.8, 4) is 0 Å². The molecule has 1 aliphatic carbocycles. The smallest absolute Gasteiger partial charge is 0.338 e. The highest BCUT2D eigenvalue weighted by molar-refractivity contribution is 5.93. The zero-order chi connectivity index (χ0) is 22.7. The number of aryl methyl sites for hydroxylation is 1. The van der Waals surface area contributed by atoms with Crippen LogP contribution < -0.4 is 10.2 Å². The lowest BCUT2D eigenvalue weighted by molar-refractivity contribution is -0.139. The minimum atomic E-state index is -0.468. The lowest BCUT2D eigenvalue weighted by atomic mass is 9.94. The van der Waals surface area contributed by atoms with Crippen LogP contribution in [0.5, 0.6) is 0 Å². The van der Waals surface area contributed by atoms with Gasteiger partial charge in [0.2, 0.25) is 11.9 Å². The Bertz CT molecular complexity index is 1000. The molecule has 4 rings (SSSR count). The summed E-state index contributed by atoms with van der Waals surface area (Å²) in [7, 11) is 0. The van der Waals surface area contributed by atoms with Crippen LogP contribution in [0.4, 0.5) is 5.95 Å². The average Bonchev–Trinajstić information content (AvgIpc) is 3.26. The van der Waals surface area contributed by atoms with Gasteiger partial charge in [-0.15, -0.1) is 0 Å². The Morgan fingerprint density at radius 2 is 1.84 bits per heavy atom. The van der Waals surface area contributed by atoms with E-state index in [2.05, 4.69) is 15.4 Å². The third-order valence-corrected chi connectivity index (χ3v) is 6.27. The number of hydrogen-bond acceptors (Lipinski definition) is 6. The summed E-state index contributed by atoms with van der Waals surface area (Å²) in [6.07, 6.45) is 7.01. The first-order valence-corrected chi connectivity index (χ1v) is 11.4. The molecule has 8 nitrogen and oxygen atoms in total. The first-order chi connectivity index (χ1) is 15.5. The van der Waals surface area contributed by atoms with Gasteiger partial charge in [-0.3, -0.25) is 4.79 Å². The fourth-order valence-electron chi connectivity index (χ4n) is 4.61. The van der Waals surface area contributed by atoms with Gasteiger partial charge in [-0.25, -0.2) is 9.48 Å². The number of nitrogens with one attached hydrogen (secondary N) is 1. The maximum atomic E-state index is 13.1. The molecule has 1 unspecified atom stereocenters. The zero-order valence-corrected chi connectivity index (χ0v) is 19.0. The molecule has 0 spiro atoms. The second-order valence-electron chi connectivity index (χ2n) is 8.53. The predicted octanol–water partition coefficient (Wildman–Crippen LogP) is 3.28. The summed E-state index contributed by atoms with van der Waals surface area (Å²) in [6, 6.07) is 7.74. The van der Waals surface area contributed by atoms with Gasteiger partial charge in [0.15, 0.2) is 0 Å². The number of anilines is 1. The van der Waals surface area contributed by atoms with Crippen molar-refractivity contribution >= 4 is 17.8 Å². The molecule has 1 saturated carbocycles. The van der Waals surface area contributed by atoms with Crippen molar-refractivity contribution < 1.29 is 14.3 Å². The van der Waals surface area contributed by atoms with Crippen molar-refractivity contribution in [2.24, 2.45) is 0 Å². The number of amides is 1. The first kappa shape index (κ1) is 22.0. The van der Waals surface area contributed by atoms with Gasteiger partial charge in [-0.1, -0.05) is 49.1 Å². The van der Waals surface area contributed by atoms with Crippen molar-refractivity contribution in [1.82, 2.24) is 20.1 Å². The Labute approximate surface area is 188 Å². The Morgan fingerprint density at radius 1 is 1.12 bits per heavy atom. The molecule has 1 aromatic heterocycles. The average molecular weight is 438 g/mol. The van der Waals surface area contributed by atoms with Crippen molar-refractivity contribution in [3.63, 3.8) is 0 Å². The summed E-state index contributed by atoms with van der Waals surface area (Å²) in [4.78, 5) is 32.2. The molecule has 1 aromatic carbocycles. The number of hydrogen-bond donors (Lipinski definition) is 1. The summed E-state index contributed by atoms with van der Waals surface area (Å²) in [5.41, 5.74) is 3.17. The molecule has 1 atom stereocenters. The monoisotopic (exact) mass is 437 g/mol. The highest BCUT2D eigenvalue weighted by Gasteiger charge is 2.38. The van der Waals surface area contributed by atoms with Gasteiger partial charge in [0.25, 0.3) is 0 Å². The highest BCUT2D eigenvalue weighted by Crippen LogP contribution is 2.38. The van der Waals surface area contributed by atoms with Crippen molar-refractivity contribution in [3.05, 3.63) is 53.0 Å². The summed E-state index contributed by atoms with van der Waals surface area (Å²) < 4.78 is 7.11. The van der Waals surface area contributed by atoms with Gasteiger partial charge < -0.3 is 15.0 Å². The van der Waals surface area contributed by atoms with E-state index in [1.807, 2.05) is 38.1 Å². The Balaban J connectivity index is 1.69. The molecular weight excluding hydrogens is 406 g/mol. The molecule has 8 heteroatoms. The third kappa shape index (κ3) is 4.40. The Kier molecular flexibility index (Phi) is 6.58. The standard InChI is InChI=1S/C24H31N5O3/c1-4-32-23(31)21-17(3)28(14-20(30)27-19-8-6-5-7-9-19)24-25-15-26-29(24)22(21)18-12-10-16(2)11-13-18/h10-13,15,19,22H,4-9,14H2,1-3H3,(H,27,30). The number of nitrogens with zero attached hydrogens (tertiary/aromatic N) is 4. The SMILES string of the molecule is CCOC(=O)C1=C(C)N(CC(=O)NC2CCCCC2)c2ncnn2C1c1ccc(C)cc1. The van der Waals surface area contributed by atoms with Crippen LogP contribution in [0, 0.1) is 6.92 Å². The molecule has 1 amide bonds. The van der Waals surface area contributed by atoms with Gasteiger partial charge in [0, 0.05) is 11.7 Å². The fourth-order valence-corrected chi connectivity index (χ4v) is 4.61. The van der Waals surface area contributed by atoms with Crippen LogP contribution in [0.3, 0.4) is 0 Å². The zero-order valence-electron chi connectivity index (χ0n) is 19.0. The molecule has 2 heterocycles. The molecule has 1 fully saturated rings. The quantitative estimate of drug-likeness (QED) is 0.698. The van der Waals surface area contributed by atoms with E-state index in [1.54, 1.807) is 16.5 Å². The van der Waals surface area contributed by atoms with Gasteiger partial charge in [-0.05, 0) is 39.2 Å². The molecular formula is C24H31N5O3. The predicted molar refractivity (Wildman–Crippen MR) is 121 cm³/mol. The molecule has 0 radical (unpaired) electrons. The van der Waals surface area contributed by atoms with E-state index in [9.17, 15) is 9.59 Å². The van der Waals surface area contributed by atoms with Gasteiger partial charge in [-0.2, -0.15) is 10.1 Å². The number of allylic oxidation sites excluding steroid dienone is 1. The summed E-state index contributed by atoms with van der Waals surface area (Å²) in [6.45, 7) is 5.99. The van der Waals surface area contributed by atoms with Gasteiger partial charge >= 0.3 is 5.97 Å². The number of fused-ring (bicyclic) bond motifs is 1. The molecule has 2 aliphatic rings. The summed E-state index contributed by atoms with van der Waals surface area (Å²) in [5, 5.41) is 7.58. The number of esters is 1. The van der Waals surface area contributed by atoms with Crippen LogP contribution in [0.15, 0.2) is 41.9 Å².